The molecule has 0 aliphatic rings. The monoisotopic (exact) mass is 338 g/mol. The molecule has 0 amide bonds. The lowest BCUT2D eigenvalue weighted by atomic mass is 10.3. The Kier molecular flexibility index (Phi) is 4.74. The Hall–Kier alpha value is -3.22. The lowest BCUT2D eigenvalue weighted by Crippen LogP contribution is -2.05. The van der Waals surface area contributed by atoms with Gasteiger partial charge in [-0.25, -0.2) is 9.78 Å². The molecule has 2 heterocycles. The molecule has 0 N–H and O–H groups in total. The molecule has 7 heteroatoms. The van der Waals surface area contributed by atoms with Gasteiger partial charge in [0.2, 0.25) is 0 Å². The molecular weight excluding hydrogens is 320 g/mol. The highest BCUT2D eigenvalue weighted by atomic mass is 16.5. The highest BCUT2D eigenvalue weighted by Gasteiger charge is 2.20. The molecule has 0 spiro atoms. The van der Waals surface area contributed by atoms with E-state index in [1.165, 1.54) is 0 Å². The Balaban J connectivity index is 2.08. The first-order chi connectivity index (χ1) is 12.1. The van der Waals surface area contributed by atoms with E-state index in [4.69, 9.17) is 9.47 Å². The van der Waals surface area contributed by atoms with E-state index in [0.717, 1.165) is 5.56 Å². The van der Waals surface area contributed by atoms with Crippen molar-refractivity contribution in [1.29, 1.82) is 0 Å². The number of fused-ring (bicyclic) bond motifs is 1. The zero-order chi connectivity index (χ0) is 17.8. The van der Waals surface area contributed by atoms with Gasteiger partial charge in [-0.2, -0.15) is 0 Å². The van der Waals surface area contributed by atoms with Crippen molar-refractivity contribution >= 4 is 23.1 Å². The van der Waals surface area contributed by atoms with Gasteiger partial charge in [0, 0.05) is 12.3 Å². The second kappa shape index (κ2) is 7.12. The number of rotatable bonds is 5. The van der Waals surface area contributed by atoms with Crippen molar-refractivity contribution in [2.45, 2.75) is 13.8 Å². The van der Waals surface area contributed by atoms with E-state index in [0.29, 0.717) is 22.9 Å². The largest absolute Gasteiger partial charge is 0.497 e. The number of nitrogens with zero attached hydrogens (tertiary/aromatic N) is 4. The van der Waals surface area contributed by atoms with E-state index in [9.17, 15) is 4.79 Å². The van der Waals surface area contributed by atoms with Crippen LogP contribution in [0.2, 0.25) is 0 Å². The molecule has 2 aromatic heterocycles. The summed E-state index contributed by atoms with van der Waals surface area (Å²) in [5.41, 5.74) is 2.36. The van der Waals surface area contributed by atoms with Crippen molar-refractivity contribution in [3.63, 3.8) is 0 Å². The third-order valence-corrected chi connectivity index (χ3v) is 3.52. The Bertz CT molecular complexity index is 947. The predicted molar refractivity (Wildman–Crippen MR) is 93.1 cm³/mol. The van der Waals surface area contributed by atoms with E-state index in [-0.39, 0.29) is 12.3 Å². The van der Waals surface area contributed by atoms with Crippen LogP contribution in [0.5, 0.6) is 5.75 Å². The smallest absolute Gasteiger partial charge is 0.360 e. The summed E-state index contributed by atoms with van der Waals surface area (Å²) in [4.78, 5) is 16.5. The third-order valence-electron chi connectivity index (χ3n) is 3.52. The first-order valence-corrected chi connectivity index (χ1v) is 7.84. The second-order valence-corrected chi connectivity index (χ2v) is 5.34. The molecule has 0 aliphatic carbocycles. The van der Waals surface area contributed by atoms with Gasteiger partial charge in [0.25, 0.3) is 0 Å². The number of ether oxygens (including phenoxy) is 2. The lowest BCUT2D eigenvalue weighted by Gasteiger charge is -2.01. The van der Waals surface area contributed by atoms with Crippen LogP contribution in [0.4, 0.5) is 11.5 Å². The molecule has 3 aromatic rings. The summed E-state index contributed by atoms with van der Waals surface area (Å²) in [5.74, 6) is 0.486. The maximum absolute atomic E-state index is 12.2. The molecule has 0 fully saturated rings. The number of imidazole rings is 1. The van der Waals surface area contributed by atoms with Gasteiger partial charge in [0.15, 0.2) is 11.5 Å². The number of carbonyl (C=O) groups is 1. The number of aryl methyl sites for hydroxylation is 1. The van der Waals surface area contributed by atoms with Crippen molar-refractivity contribution < 1.29 is 14.3 Å². The van der Waals surface area contributed by atoms with E-state index in [2.05, 4.69) is 15.2 Å². The molecule has 128 valence electrons. The molecule has 7 nitrogen and oxygen atoms in total. The zero-order valence-electron chi connectivity index (χ0n) is 14.3. The quantitative estimate of drug-likeness (QED) is 0.515. The summed E-state index contributed by atoms with van der Waals surface area (Å²) in [7, 11) is 1.59. The fourth-order valence-electron chi connectivity index (χ4n) is 2.35. The van der Waals surface area contributed by atoms with E-state index < -0.39 is 5.97 Å². The molecule has 0 aliphatic heterocycles. The minimum Gasteiger partial charge on any atom is -0.497 e. The lowest BCUT2D eigenvalue weighted by molar-refractivity contribution is 0.0521. The van der Waals surface area contributed by atoms with Crippen LogP contribution < -0.4 is 4.74 Å². The molecular formula is C18H18N4O3. The zero-order valence-corrected chi connectivity index (χ0v) is 14.3. The van der Waals surface area contributed by atoms with Crippen molar-refractivity contribution in [3.05, 3.63) is 53.9 Å². The number of benzene rings is 1. The van der Waals surface area contributed by atoms with Gasteiger partial charge in [0.1, 0.15) is 11.4 Å². The average molecular weight is 338 g/mol. The van der Waals surface area contributed by atoms with E-state index in [1.807, 2.05) is 37.4 Å². The number of azo groups is 1. The van der Waals surface area contributed by atoms with Gasteiger partial charge in [-0.15, -0.1) is 10.2 Å². The van der Waals surface area contributed by atoms with Crippen LogP contribution in [0.15, 0.2) is 52.8 Å². The maximum atomic E-state index is 12.2. The van der Waals surface area contributed by atoms with Crippen molar-refractivity contribution in [1.82, 2.24) is 9.38 Å². The molecule has 0 saturated heterocycles. The Morgan fingerprint density at radius 2 is 2.08 bits per heavy atom. The van der Waals surface area contributed by atoms with Gasteiger partial charge in [0.05, 0.1) is 19.4 Å². The Morgan fingerprint density at radius 1 is 1.24 bits per heavy atom. The van der Waals surface area contributed by atoms with Crippen LogP contribution in [0.25, 0.3) is 5.65 Å². The van der Waals surface area contributed by atoms with Gasteiger partial charge in [-0.3, -0.25) is 4.40 Å². The molecule has 25 heavy (non-hydrogen) atoms. The van der Waals surface area contributed by atoms with E-state index >= 15 is 0 Å². The van der Waals surface area contributed by atoms with Crippen molar-refractivity contribution in [3.8, 4) is 5.75 Å². The number of methoxy groups -OCH3 is 1. The summed E-state index contributed by atoms with van der Waals surface area (Å²) in [6, 6.07) is 10.9. The summed E-state index contributed by atoms with van der Waals surface area (Å²) >= 11 is 0. The normalized spacial score (nSPS) is 11.2. The van der Waals surface area contributed by atoms with Crippen molar-refractivity contribution in [2.24, 2.45) is 10.2 Å². The molecule has 0 atom stereocenters. The average Bonchev–Trinajstić information content (AvgIpc) is 2.98. The minimum absolute atomic E-state index is 0.138. The predicted octanol–water partition coefficient (Wildman–Crippen LogP) is 4.24. The van der Waals surface area contributed by atoms with Gasteiger partial charge < -0.3 is 9.47 Å². The summed E-state index contributed by atoms with van der Waals surface area (Å²) < 4.78 is 12.0. The van der Waals surface area contributed by atoms with Crippen LogP contribution >= 0.6 is 0 Å². The molecule has 1 aromatic carbocycles. The third kappa shape index (κ3) is 3.50. The standard InChI is InChI=1S/C18H18N4O3/c1-4-25-18(23)16-17(22-11-12(2)8-9-15(22)19-16)21-20-13-6-5-7-14(10-13)24-3/h5-11H,4H2,1-3H3. The van der Waals surface area contributed by atoms with Crippen LogP contribution in [0, 0.1) is 6.92 Å². The van der Waals surface area contributed by atoms with Crippen LogP contribution in [-0.2, 0) is 4.74 Å². The number of carbonyl (C=O) groups excluding carboxylic acids is 1. The second-order valence-electron chi connectivity index (χ2n) is 5.34. The van der Waals surface area contributed by atoms with E-state index in [1.54, 1.807) is 30.6 Å². The number of hydrogen-bond acceptors (Lipinski definition) is 6. The maximum Gasteiger partial charge on any atom is 0.360 e. The van der Waals surface area contributed by atoms with Crippen LogP contribution in [0.3, 0.4) is 0 Å². The van der Waals surface area contributed by atoms with Crippen molar-refractivity contribution in [2.75, 3.05) is 13.7 Å². The molecule has 0 bridgehead atoms. The Labute approximate surface area is 144 Å². The molecule has 0 radical (unpaired) electrons. The summed E-state index contributed by atoms with van der Waals surface area (Å²) in [6.45, 7) is 3.96. The highest BCUT2D eigenvalue weighted by molar-refractivity contribution is 5.93. The fraction of sp³-hybridized carbons (Fsp3) is 0.222. The summed E-state index contributed by atoms with van der Waals surface area (Å²) in [5, 5.41) is 8.47. The Morgan fingerprint density at radius 3 is 2.84 bits per heavy atom. The number of hydrogen-bond donors (Lipinski definition) is 0. The fourth-order valence-corrected chi connectivity index (χ4v) is 2.35. The van der Waals surface area contributed by atoms with Gasteiger partial charge in [-0.05, 0) is 37.6 Å². The topological polar surface area (TPSA) is 77.5 Å². The SMILES string of the molecule is CCOC(=O)c1nc2ccc(C)cn2c1N=Nc1cccc(OC)c1. The highest BCUT2D eigenvalue weighted by Crippen LogP contribution is 2.26. The van der Waals surface area contributed by atoms with Gasteiger partial charge in [-0.1, -0.05) is 12.1 Å². The van der Waals surface area contributed by atoms with Crippen LogP contribution in [0.1, 0.15) is 23.0 Å². The first-order valence-electron chi connectivity index (χ1n) is 7.84. The number of aromatic nitrogens is 2. The number of pyridine rings is 1. The minimum atomic E-state index is -0.525. The number of esters is 1. The summed E-state index contributed by atoms with van der Waals surface area (Å²) in [6.07, 6.45) is 1.85. The molecule has 3 rings (SSSR count). The first kappa shape index (κ1) is 16.6. The van der Waals surface area contributed by atoms with Crippen LogP contribution in [-0.4, -0.2) is 29.1 Å². The van der Waals surface area contributed by atoms with Gasteiger partial charge >= 0.3 is 5.97 Å². The molecule has 0 saturated carbocycles. The molecule has 0 unspecified atom stereocenters.